The first-order valence-corrected chi connectivity index (χ1v) is 14.4. The Bertz CT molecular complexity index is 1570. The molecular formula is C33H33BBr2N2O2. The molecule has 0 spiro atoms. The Kier molecular flexibility index (Phi) is 11.8. The third kappa shape index (κ3) is 9.52. The van der Waals surface area contributed by atoms with E-state index in [1.54, 1.807) is 24.4 Å². The molecule has 0 atom stereocenters. The van der Waals surface area contributed by atoms with Crippen molar-refractivity contribution in [2.75, 3.05) is 0 Å². The largest absolute Gasteiger partial charge is 0.488 e. The van der Waals surface area contributed by atoms with E-state index in [0.717, 1.165) is 20.3 Å². The minimum atomic E-state index is -1.35. The van der Waals surface area contributed by atoms with Crippen molar-refractivity contribution in [3.8, 4) is 22.4 Å². The molecule has 5 aromatic rings. The fourth-order valence-corrected chi connectivity index (χ4v) is 4.63. The molecule has 2 aromatic heterocycles. The van der Waals surface area contributed by atoms with Gasteiger partial charge in [0.1, 0.15) is 4.60 Å². The second kappa shape index (κ2) is 15.1. The molecule has 0 aliphatic heterocycles. The fourth-order valence-electron chi connectivity index (χ4n) is 3.97. The predicted octanol–water partition coefficient (Wildman–Crippen LogP) is 7.93. The Morgan fingerprint density at radius 2 is 1.18 bits per heavy atom. The van der Waals surface area contributed by atoms with Gasteiger partial charge in [0.2, 0.25) is 0 Å². The van der Waals surface area contributed by atoms with Crippen molar-refractivity contribution in [3.63, 3.8) is 0 Å². The molecule has 0 unspecified atom stereocenters. The summed E-state index contributed by atoms with van der Waals surface area (Å²) in [6.07, 6.45) is 3.77. The second-order valence-electron chi connectivity index (χ2n) is 9.67. The molecule has 0 saturated carbocycles. The lowest BCUT2D eigenvalue weighted by Crippen LogP contribution is -2.29. The SMILES string of the molecule is Cc1cc(Br)ncc1Br.Cc1cccc(-c2cc(C)c(-c3cccc(C)c3)cn2)c1.Cc1cccc(B(O)O)c1. The zero-order chi connectivity index (χ0) is 29.2. The Labute approximate surface area is 254 Å². The summed E-state index contributed by atoms with van der Waals surface area (Å²) in [5.74, 6) is 0. The van der Waals surface area contributed by atoms with Crippen molar-refractivity contribution >= 4 is 44.4 Å². The number of nitrogens with zero attached hydrogens (tertiary/aromatic N) is 2. The highest BCUT2D eigenvalue weighted by molar-refractivity contribution is 9.11. The number of aryl methyl sites for hydroxylation is 5. The molecule has 0 radical (unpaired) electrons. The van der Waals surface area contributed by atoms with Gasteiger partial charge in [-0.25, -0.2) is 4.98 Å². The third-order valence-corrected chi connectivity index (χ3v) is 7.37. The molecule has 0 saturated heterocycles. The van der Waals surface area contributed by atoms with Crippen LogP contribution in [0.2, 0.25) is 0 Å². The van der Waals surface area contributed by atoms with Gasteiger partial charge in [-0.2, -0.15) is 0 Å². The first-order chi connectivity index (χ1) is 19.0. The highest BCUT2D eigenvalue weighted by Gasteiger charge is 2.09. The molecule has 3 aromatic carbocycles. The van der Waals surface area contributed by atoms with Crippen LogP contribution >= 0.6 is 31.9 Å². The molecule has 0 aliphatic rings. The van der Waals surface area contributed by atoms with Gasteiger partial charge < -0.3 is 10.0 Å². The molecule has 40 heavy (non-hydrogen) atoms. The van der Waals surface area contributed by atoms with E-state index in [0.29, 0.717) is 5.46 Å². The van der Waals surface area contributed by atoms with Crippen LogP contribution in [0.4, 0.5) is 0 Å². The summed E-state index contributed by atoms with van der Waals surface area (Å²) >= 11 is 6.61. The number of halogens is 2. The lowest BCUT2D eigenvalue weighted by molar-refractivity contribution is 0.425. The normalized spacial score (nSPS) is 10.1. The van der Waals surface area contributed by atoms with Crippen LogP contribution in [0.1, 0.15) is 27.8 Å². The monoisotopic (exact) mass is 658 g/mol. The average Bonchev–Trinajstić information content (AvgIpc) is 2.91. The summed E-state index contributed by atoms with van der Waals surface area (Å²) in [5.41, 5.74) is 11.2. The van der Waals surface area contributed by atoms with Gasteiger partial charge in [0.05, 0.1) is 5.69 Å². The van der Waals surface area contributed by atoms with Crippen LogP contribution in [-0.2, 0) is 0 Å². The van der Waals surface area contributed by atoms with E-state index >= 15 is 0 Å². The Morgan fingerprint density at radius 1 is 0.600 bits per heavy atom. The highest BCUT2D eigenvalue weighted by atomic mass is 79.9. The van der Waals surface area contributed by atoms with Gasteiger partial charge in [0, 0.05) is 28.0 Å². The van der Waals surface area contributed by atoms with Crippen LogP contribution in [0.5, 0.6) is 0 Å². The van der Waals surface area contributed by atoms with Crippen LogP contribution < -0.4 is 5.46 Å². The third-order valence-electron chi connectivity index (χ3n) is 6.11. The number of rotatable bonds is 3. The molecule has 2 N–H and O–H groups in total. The fraction of sp³-hybridized carbons (Fsp3) is 0.152. The summed E-state index contributed by atoms with van der Waals surface area (Å²) in [7, 11) is -1.35. The smallest absolute Gasteiger partial charge is 0.423 e. The molecule has 0 amide bonds. The van der Waals surface area contributed by atoms with Gasteiger partial charge in [-0.1, -0.05) is 83.4 Å². The van der Waals surface area contributed by atoms with Gasteiger partial charge >= 0.3 is 7.12 Å². The molecule has 7 heteroatoms. The lowest BCUT2D eigenvalue weighted by Gasteiger charge is -2.09. The molecule has 0 aliphatic carbocycles. The molecule has 5 rings (SSSR count). The van der Waals surface area contributed by atoms with Crippen LogP contribution in [0.25, 0.3) is 22.4 Å². The minimum absolute atomic E-state index is 0.542. The van der Waals surface area contributed by atoms with Crippen LogP contribution in [0.3, 0.4) is 0 Å². The maximum Gasteiger partial charge on any atom is 0.488 e. The van der Waals surface area contributed by atoms with E-state index in [-0.39, 0.29) is 0 Å². The van der Waals surface area contributed by atoms with Gasteiger partial charge in [-0.05, 0) is 107 Å². The van der Waals surface area contributed by atoms with Crippen molar-refractivity contribution in [1.29, 1.82) is 0 Å². The van der Waals surface area contributed by atoms with E-state index in [2.05, 4.69) is 117 Å². The first kappa shape index (κ1) is 31.4. The molecular weight excluding hydrogens is 627 g/mol. The summed E-state index contributed by atoms with van der Waals surface area (Å²) in [6.45, 7) is 10.3. The summed E-state index contributed by atoms with van der Waals surface area (Å²) in [4.78, 5) is 8.67. The van der Waals surface area contributed by atoms with Crippen LogP contribution in [0.15, 0.2) is 106 Å². The number of benzene rings is 3. The van der Waals surface area contributed by atoms with Gasteiger partial charge in [-0.15, -0.1) is 0 Å². The van der Waals surface area contributed by atoms with Crippen molar-refractivity contribution in [3.05, 3.63) is 134 Å². The Balaban J connectivity index is 0.000000193. The molecule has 2 heterocycles. The maximum atomic E-state index is 8.70. The summed E-state index contributed by atoms with van der Waals surface area (Å²) in [5, 5.41) is 17.4. The zero-order valence-electron chi connectivity index (χ0n) is 23.4. The number of aromatic nitrogens is 2. The lowest BCUT2D eigenvalue weighted by atomic mass is 9.80. The molecule has 4 nitrogen and oxygen atoms in total. The average molecular weight is 660 g/mol. The van der Waals surface area contributed by atoms with Gasteiger partial charge in [0.15, 0.2) is 0 Å². The zero-order valence-corrected chi connectivity index (χ0v) is 26.5. The van der Waals surface area contributed by atoms with E-state index in [9.17, 15) is 0 Å². The molecule has 204 valence electrons. The summed E-state index contributed by atoms with van der Waals surface area (Å²) < 4.78 is 1.92. The van der Waals surface area contributed by atoms with E-state index in [1.165, 1.54) is 38.9 Å². The Hall–Kier alpha value is -3.10. The highest BCUT2D eigenvalue weighted by Crippen LogP contribution is 2.27. The molecule has 0 bridgehead atoms. The standard InChI is InChI=1S/C20H19N.C7H9BO2.C6H5Br2N/c1-14-6-4-8-17(10-14)19-13-21-20(12-16(19)3)18-9-5-7-15(2)11-18;1-6-3-2-4-7(5-6)8(9)10;1-4-2-6(8)9-3-5(4)7/h4-13H,1-3H3;2-5,9-10H,1H3;2-3H,1H3. The van der Waals surface area contributed by atoms with E-state index < -0.39 is 7.12 Å². The molecule has 0 fully saturated rings. The topological polar surface area (TPSA) is 66.2 Å². The number of hydrogen-bond acceptors (Lipinski definition) is 4. The minimum Gasteiger partial charge on any atom is -0.423 e. The van der Waals surface area contributed by atoms with Crippen molar-refractivity contribution in [2.24, 2.45) is 0 Å². The maximum absolute atomic E-state index is 8.70. The van der Waals surface area contributed by atoms with Crippen LogP contribution in [0, 0.1) is 34.6 Å². The van der Waals surface area contributed by atoms with Crippen molar-refractivity contribution < 1.29 is 10.0 Å². The van der Waals surface area contributed by atoms with Crippen molar-refractivity contribution in [2.45, 2.75) is 34.6 Å². The Morgan fingerprint density at radius 3 is 1.68 bits per heavy atom. The first-order valence-electron chi connectivity index (χ1n) is 12.8. The number of hydrogen-bond donors (Lipinski definition) is 2. The number of pyridine rings is 2. The van der Waals surface area contributed by atoms with Crippen molar-refractivity contribution in [1.82, 2.24) is 9.97 Å². The van der Waals surface area contributed by atoms with E-state index in [4.69, 9.17) is 10.0 Å². The summed E-state index contributed by atoms with van der Waals surface area (Å²) in [6, 6.07) is 28.3. The predicted molar refractivity (Wildman–Crippen MR) is 175 cm³/mol. The van der Waals surface area contributed by atoms with Gasteiger partial charge in [0.25, 0.3) is 0 Å². The quantitative estimate of drug-likeness (QED) is 0.153. The van der Waals surface area contributed by atoms with Crippen LogP contribution in [-0.4, -0.2) is 27.1 Å². The second-order valence-corrected chi connectivity index (χ2v) is 11.3. The van der Waals surface area contributed by atoms with E-state index in [1.807, 2.05) is 32.2 Å². The van der Waals surface area contributed by atoms with Gasteiger partial charge in [-0.3, -0.25) is 4.98 Å².